The lowest BCUT2D eigenvalue weighted by Gasteiger charge is -2.15. The Kier molecular flexibility index (Phi) is 10.1. The molecule has 3 nitrogen and oxygen atoms in total. The van der Waals surface area contributed by atoms with Crippen molar-refractivity contribution >= 4 is 21.9 Å². The molecular weight excluding hydrogens is 681 g/mol. The fourth-order valence-corrected chi connectivity index (χ4v) is 7.99. The van der Waals surface area contributed by atoms with Gasteiger partial charge >= 0.3 is 0 Å². The number of benzene rings is 6. The molecule has 9 aromatic rings. The Morgan fingerprint density at radius 1 is 0.393 bits per heavy atom. The molecule has 0 aliphatic heterocycles. The third-order valence-electron chi connectivity index (χ3n) is 10.7. The van der Waals surface area contributed by atoms with E-state index in [0.29, 0.717) is 5.92 Å². The van der Waals surface area contributed by atoms with Crippen LogP contribution in [0.1, 0.15) is 35.6 Å². The first-order chi connectivity index (χ1) is 27.6. The monoisotopic (exact) mass is 724 g/mol. The molecule has 0 radical (unpaired) electrons. The van der Waals surface area contributed by atoms with E-state index in [-0.39, 0.29) is 0 Å². The molecule has 0 bridgehead atoms. The van der Waals surface area contributed by atoms with Crippen molar-refractivity contribution < 1.29 is 4.42 Å². The largest absolute Gasteiger partial charge is 0.456 e. The minimum absolute atomic E-state index is 0.439. The molecule has 0 N–H and O–H groups in total. The van der Waals surface area contributed by atoms with Crippen LogP contribution in [0.15, 0.2) is 186 Å². The molecule has 6 aromatic carbocycles. The molecule has 0 saturated carbocycles. The summed E-state index contributed by atoms with van der Waals surface area (Å²) < 4.78 is 6.34. The Balaban J connectivity index is 0.922. The van der Waals surface area contributed by atoms with E-state index in [1.807, 2.05) is 0 Å². The van der Waals surface area contributed by atoms with Crippen molar-refractivity contribution in [2.75, 3.05) is 0 Å². The Morgan fingerprint density at radius 2 is 0.768 bits per heavy atom. The summed E-state index contributed by atoms with van der Waals surface area (Å²) in [5.74, 6) is 0.439. The zero-order chi connectivity index (χ0) is 37.7. The third-order valence-corrected chi connectivity index (χ3v) is 10.7. The highest BCUT2D eigenvalue weighted by Gasteiger charge is 2.14. The predicted molar refractivity (Wildman–Crippen MR) is 233 cm³/mol. The second-order valence-corrected chi connectivity index (χ2v) is 15.1. The first-order valence-corrected chi connectivity index (χ1v) is 19.8. The van der Waals surface area contributed by atoms with Gasteiger partial charge in [0.25, 0.3) is 0 Å². The van der Waals surface area contributed by atoms with E-state index >= 15 is 0 Å². The first-order valence-electron chi connectivity index (χ1n) is 19.8. The smallest absolute Gasteiger partial charge is 0.135 e. The highest BCUT2D eigenvalue weighted by molar-refractivity contribution is 6.05. The van der Waals surface area contributed by atoms with Crippen LogP contribution in [-0.4, -0.2) is 9.97 Å². The molecule has 0 amide bonds. The molecule has 0 fully saturated rings. The summed E-state index contributed by atoms with van der Waals surface area (Å²) in [5.41, 5.74) is 15.8. The molecule has 9 rings (SSSR count). The Bertz CT molecular complexity index is 2600. The fourth-order valence-electron chi connectivity index (χ4n) is 7.99. The summed E-state index contributed by atoms with van der Waals surface area (Å²) in [6, 6.07) is 64.5. The molecule has 3 heterocycles. The molecular formula is C53H44N2O. The zero-order valence-corrected chi connectivity index (χ0v) is 31.7. The van der Waals surface area contributed by atoms with E-state index in [2.05, 4.69) is 189 Å². The van der Waals surface area contributed by atoms with E-state index in [1.54, 1.807) is 0 Å². The highest BCUT2D eigenvalue weighted by Crippen LogP contribution is 2.33. The number of rotatable bonds is 12. The number of fused-ring (bicyclic) bond motifs is 3. The van der Waals surface area contributed by atoms with E-state index in [0.717, 1.165) is 88.3 Å². The number of nitrogens with zero attached hydrogens (tertiary/aromatic N) is 2. The number of aromatic nitrogens is 2. The number of aryl methyl sites for hydroxylation is 2. The Morgan fingerprint density at radius 3 is 1.23 bits per heavy atom. The van der Waals surface area contributed by atoms with Crippen molar-refractivity contribution in [3.05, 3.63) is 204 Å². The van der Waals surface area contributed by atoms with Gasteiger partial charge in [-0.15, -0.1) is 0 Å². The number of furan rings is 1. The molecule has 0 unspecified atom stereocenters. The van der Waals surface area contributed by atoms with Crippen LogP contribution in [0.3, 0.4) is 0 Å². The minimum Gasteiger partial charge on any atom is -0.456 e. The van der Waals surface area contributed by atoms with Crippen molar-refractivity contribution in [2.24, 2.45) is 5.92 Å². The average Bonchev–Trinajstić information content (AvgIpc) is 3.62. The van der Waals surface area contributed by atoms with Crippen LogP contribution in [0.25, 0.3) is 67.0 Å². The molecule has 0 aliphatic carbocycles. The lowest BCUT2D eigenvalue weighted by Crippen LogP contribution is -2.05. The van der Waals surface area contributed by atoms with Crippen molar-refractivity contribution in [1.29, 1.82) is 0 Å². The predicted octanol–water partition coefficient (Wildman–Crippen LogP) is 13.6. The Labute approximate surface area is 329 Å². The van der Waals surface area contributed by atoms with Gasteiger partial charge in [-0.1, -0.05) is 140 Å². The fraction of sp³-hybridized carbons (Fsp3) is 0.132. The van der Waals surface area contributed by atoms with Crippen molar-refractivity contribution in [1.82, 2.24) is 9.97 Å². The zero-order valence-electron chi connectivity index (χ0n) is 31.7. The maximum Gasteiger partial charge on any atom is 0.135 e. The van der Waals surface area contributed by atoms with E-state index in [1.165, 1.54) is 33.0 Å². The van der Waals surface area contributed by atoms with Gasteiger partial charge in [-0.2, -0.15) is 0 Å². The molecule has 272 valence electrons. The second-order valence-electron chi connectivity index (χ2n) is 15.1. The molecule has 3 aromatic heterocycles. The van der Waals surface area contributed by atoms with Gasteiger partial charge in [0.05, 0.1) is 22.8 Å². The van der Waals surface area contributed by atoms with Gasteiger partial charge in [0.15, 0.2) is 0 Å². The maximum atomic E-state index is 6.34. The summed E-state index contributed by atoms with van der Waals surface area (Å²) in [6.45, 7) is 2.36. The molecule has 3 heteroatoms. The van der Waals surface area contributed by atoms with Gasteiger partial charge in [-0.25, -0.2) is 9.97 Å². The summed E-state index contributed by atoms with van der Waals surface area (Å²) >= 11 is 0. The Hall–Kier alpha value is -6.58. The molecule has 0 spiro atoms. The minimum atomic E-state index is 0.439. The van der Waals surface area contributed by atoms with Gasteiger partial charge in [0.1, 0.15) is 11.2 Å². The normalized spacial score (nSPS) is 11.9. The van der Waals surface area contributed by atoms with Crippen LogP contribution < -0.4 is 0 Å². The maximum absolute atomic E-state index is 6.34. The number of pyridine rings is 2. The third kappa shape index (κ3) is 7.94. The van der Waals surface area contributed by atoms with Gasteiger partial charge in [-0.3, -0.25) is 0 Å². The summed E-state index contributed by atoms with van der Waals surface area (Å²) in [6.07, 6.45) is 4.96. The number of hydrogen-bond donors (Lipinski definition) is 0. The number of hydrogen-bond acceptors (Lipinski definition) is 3. The first kappa shape index (κ1) is 35.1. The van der Waals surface area contributed by atoms with Crippen LogP contribution in [-0.2, 0) is 25.7 Å². The van der Waals surface area contributed by atoms with Crippen molar-refractivity contribution in [2.45, 2.75) is 39.0 Å². The topological polar surface area (TPSA) is 38.9 Å². The lowest BCUT2D eigenvalue weighted by molar-refractivity contribution is 0.577. The molecule has 56 heavy (non-hydrogen) atoms. The van der Waals surface area contributed by atoms with Gasteiger partial charge in [-0.05, 0) is 109 Å². The van der Waals surface area contributed by atoms with Gasteiger partial charge in [0, 0.05) is 33.0 Å². The summed E-state index contributed by atoms with van der Waals surface area (Å²) in [7, 11) is 0. The standard InChI is InChI=1S/C53H44N2O/c1-37(30-41-35-50(44-21-10-4-11-22-44)55-51(36-41)45-23-12-5-13-24-45)29-40-26-28-53-47(32-40)46-31-38(25-27-52(46)56-53)15-14-16-39-33-48(42-17-6-2-7-18-42)54-49(34-39)43-19-8-3-9-20-43/h2-13,17-28,31-37H,14-16,29-30H2,1H3/t37-/m1/s1. The van der Waals surface area contributed by atoms with Gasteiger partial charge in [0.2, 0.25) is 0 Å². The van der Waals surface area contributed by atoms with Crippen molar-refractivity contribution in [3.63, 3.8) is 0 Å². The quantitative estimate of drug-likeness (QED) is 0.126. The van der Waals surface area contributed by atoms with Gasteiger partial charge < -0.3 is 4.42 Å². The molecule has 1 atom stereocenters. The van der Waals surface area contributed by atoms with E-state index in [4.69, 9.17) is 14.4 Å². The van der Waals surface area contributed by atoms with E-state index < -0.39 is 0 Å². The van der Waals surface area contributed by atoms with Crippen LogP contribution >= 0.6 is 0 Å². The highest BCUT2D eigenvalue weighted by atomic mass is 16.3. The summed E-state index contributed by atoms with van der Waals surface area (Å²) in [5, 5.41) is 2.39. The van der Waals surface area contributed by atoms with Crippen molar-refractivity contribution in [3.8, 4) is 45.0 Å². The lowest BCUT2D eigenvalue weighted by atomic mass is 9.92. The van der Waals surface area contributed by atoms with Crippen LogP contribution in [0, 0.1) is 5.92 Å². The summed E-state index contributed by atoms with van der Waals surface area (Å²) in [4.78, 5) is 10.1. The molecule has 0 aliphatic rings. The van der Waals surface area contributed by atoms with Crippen LogP contribution in [0.2, 0.25) is 0 Å². The second kappa shape index (κ2) is 16.0. The SMILES string of the molecule is C[C@@H](Cc1cc(-c2ccccc2)nc(-c2ccccc2)c1)Cc1ccc2oc3ccc(CCCc4cc(-c5ccccc5)nc(-c5ccccc5)c4)cc3c2c1. The average molecular weight is 725 g/mol. The molecule has 0 saturated heterocycles. The van der Waals surface area contributed by atoms with E-state index in [9.17, 15) is 0 Å². The van der Waals surface area contributed by atoms with Crippen LogP contribution in [0.5, 0.6) is 0 Å². The van der Waals surface area contributed by atoms with Crippen LogP contribution in [0.4, 0.5) is 0 Å².